The highest BCUT2D eigenvalue weighted by molar-refractivity contribution is 5.79. The van der Waals surface area contributed by atoms with E-state index in [1.165, 1.54) is 6.07 Å². The van der Waals surface area contributed by atoms with Gasteiger partial charge in [0.2, 0.25) is 0 Å². The molecule has 1 aliphatic heterocycles. The van der Waals surface area contributed by atoms with E-state index in [0.717, 1.165) is 47.7 Å². The van der Waals surface area contributed by atoms with Crippen molar-refractivity contribution in [2.75, 3.05) is 42.9 Å². The van der Waals surface area contributed by atoms with Crippen molar-refractivity contribution in [2.45, 2.75) is 26.1 Å². The van der Waals surface area contributed by atoms with Gasteiger partial charge in [-0.25, -0.2) is 4.98 Å². The van der Waals surface area contributed by atoms with E-state index in [1.807, 2.05) is 49.1 Å². The van der Waals surface area contributed by atoms with E-state index in [2.05, 4.69) is 21.8 Å². The zero-order valence-electron chi connectivity index (χ0n) is 19.3. The topological polar surface area (TPSA) is 68.7 Å². The van der Waals surface area contributed by atoms with Gasteiger partial charge >= 0.3 is 12.1 Å². The first-order chi connectivity index (χ1) is 16.1. The monoisotopic (exact) mass is 474 g/mol. The summed E-state index contributed by atoms with van der Waals surface area (Å²) in [5.41, 5.74) is 2.91. The van der Waals surface area contributed by atoms with Crippen molar-refractivity contribution in [3.63, 3.8) is 0 Å². The summed E-state index contributed by atoms with van der Waals surface area (Å²) in [5, 5.41) is 11.6. The summed E-state index contributed by atoms with van der Waals surface area (Å²) < 4.78 is 38.5. The van der Waals surface area contributed by atoms with Crippen LogP contribution in [-0.2, 0) is 11.0 Å². The number of piperazine rings is 1. The number of aromatic nitrogens is 1. The number of allylic oxidation sites excluding steroid dienone is 1. The van der Waals surface area contributed by atoms with Crippen LogP contribution in [0.1, 0.15) is 25.0 Å². The van der Waals surface area contributed by atoms with Crippen LogP contribution in [-0.4, -0.2) is 59.7 Å². The molecule has 2 N–H and O–H groups in total. The third-order valence-corrected chi connectivity index (χ3v) is 5.89. The van der Waals surface area contributed by atoms with Crippen molar-refractivity contribution in [3.8, 4) is 0 Å². The lowest BCUT2D eigenvalue weighted by atomic mass is 9.98. The maximum absolute atomic E-state index is 12.8. The summed E-state index contributed by atoms with van der Waals surface area (Å²) in [6, 6.07) is 10.1. The predicted molar refractivity (Wildman–Crippen MR) is 128 cm³/mol. The molecule has 1 atom stereocenters. The smallest absolute Gasteiger partial charge is 0.417 e. The SMILES string of the molecule is C=C(/C(=C\C)CN1CCN(c2ccc(C(F)(F)F)cn2)[C@H](C)C1)c1ccc(NCC(=O)O)cc1. The molecule has 1 fully saturated rings. The Bertz CT molecular complexity index is 1030. The minimum Gasteiger partial charge on any atom is -0.480 e. The normalized spacial score (nSPS) is 17.5. The van der Waals surface area contributed by atoms with Crippen molar-refractivity contribution >= 4 is 23.0 Å². The Morgan fingerprint density at radius 1 is 1.24 bits per heavy atom. The van der Waals surface area contributed by atoms with Gasteiger partial charge in [0.15, 0.2) is 0 Å². The van der Waals surface area contributed by atoms with Crippen LogP contribution in [0.2, 0.25) is 0 Å². The molecule has 182 valence electrons. The minimum absolute atomic E-state index is 0.0870. The number of alkyl halides is 3. The number of aliphatic carboxylic acids is 1. The summed E-state index contributed by atoms with van der Waals surface area (Å²) in [6.45, 7) is 11.0. The molecule has 0 spiro atoms. The molecule has 0 bridgehead atoms. The number of hydrogen-bond acceptors (Lipinski definition) is 5. The first-order valence-corrected chi connectivity index (χ1v) is 11.0. The Labute approximate surface area is 197 Å². The first kappa shape index (κ1) is 25.3. The van der Waals surface area contributed by atoms with Gasteiger partial charge in [0.1, 0.15) is 12.4 Å². The van der Waals surface area contributed by atoms with E-state index in [1.54, 1.807) is 0 Å². The van der Waals surface area contributed by atoms with Crippen LogP contribution < -0.4 is 10.2 Å². The lowest BCUT2D eigenvalue weighted by Gasteiger charge is -2.41. The van der Waals surface area contributed by atoms with E-state index < -0.39 is 17.7 Å². The van der Waals surface area contributed by atoms with Crippen LogP contribution in [0.25, 0.3) is 5.57 Å². The van der Waals surface area contributed by atoms with Gasteiger partial charge in [-0.1, -0.05) is 24.8 Å². The van der Waals surface area contributed by atoms with Crippen LogP contribution in [0.5, 0.6) is 0 Å². The fourth-order valence-corrected chi connectivity index (χ4v) is 3.99. The van der Waals surface area contributed by atoms with Gasteiger partial charge < -0.3 is 15.3 Å². The van der Waals surface area contributed by atoms with Gasteiger partial charge in [-0.3, -0.25) is 9.69 Å². The highest BCUT2D eigenvalue weighted by Crippen LogP contribution is 2.30. The summed E-state index contributed by atoms with van der Waals surface area (Å²) in [6.07, 6.45) is -1.47. The average molecular weight is 475 g/mol. The molecule has 0 unspecified atom stereocenters. The van der Waals surface area contributed by atoms with Gasteiger partial charge in [-0.2, -0.15) is 13.2 Å². The van der Waals surface area contributed by atoms with Gasteiger partial charge in [0.25, 0.3) is 0 Å². The number of carboxylic acid groups (broad SMARTS) is 1. The number of halogens is 3. The maximum Gasteiger partial charge on any atom is 0.417 e. The van der Waals surface area contributed by atoms with Crippen LogP contribution >= 0.6 is 0 Å². The number of carbonyl (C=O) groups is 1. The number of anilines is 2. The highest BCUT2D eigenvalue weighted by atomic mass is 19.4. The molecule has 9 heteroatoms. The van der Waals surface area contributed by atoms with Crippen molar-refractivity contribution in [1.29, 1.82) is 0 Å². The van der Waals surface area contributed by atoms with Crippen LogP contribution in [0.15, 0.2) is 60.8 Å². The summed E-state index contributed by atoms with van der Waals surface area (Å²) in [4.78, 5) is 19.1. The largest absolute Gasteiger partial charge is 0.480 e. The molecule has 1 aromatic carbocycles. The molecule has 1 aliphatic rings. The molecule has 3 rings (SSSR count). The fourth-order valence-electron chi connectivity index (χ4n) is 3.99. The van der Waals surface area contributed by atoms with Gasteiger partial charge in [-0.05, 0) is 54.8 Å². The second-order valence-corrected chi connectivity index (χ2v) is 8.30. The lowest BCUT2D eigenvalue weighted by Crippen LogP contribution is -2.52. The molecule has 0 aliphatic carbocycles. The quantitative estimate of drug-likeness (QED) is 0.538. The number of nitrogens with one attached hydrogen (secondary N) is 1. The molecular formula is C25H29F3N4O2. The summed E-state index contributed by atoms with van der Waals surface area (Å²) >= 11 is 0. The van der Waals surface area contributed by atoms with Gasteiger partial charge in [-0.15, -0.1) is 0 Å². The van der Waals surface area contributed by atoms with Gasteiger partial charge in [0.05, 0.1) is 5.56 Å². The van der Waals surface area contributed by atoms with Crippen LogP contribution in [0, 0.1) is 0 Å². The van der Waals surface area contributed by atoms with E-state index >= 15 is 0 Å². The Balaban J connectivity index is 1.59. The zero-order valence-corrected chi connectivity index (χ0v) is 19.3. The van der Waals surface area contributed by atoms with Gasteiger partial charge in [0, 0.05) is 44.1 Å². The number of rotatable bonds is 8. The molecule has 2 aromatic rings. The van der Waals surface area contributed by atoms with E-state index in [0.29, 0.717) is 18.9 Å². The average Bonchev–Trinajstić information content (AvgIpc) is 2.80. The molecule has 34 heavy (non-hydrogen) atoms. The molecule has 6 nitrogen and oxygen atoms in total. The molecule has 0 amide bonds. The summed E-state index contributed by atoms with van der Waals surface area (Å²) in [5.74, 6) is -0.375. The standard InChI is InChI=1S/C25H29F3N4O2/c1-4-19(18(3)20-5-8-22(9-6-20)29-14-24(33)34)16-31-11-12-32(17(2)15-31)23-10-7-21(13-30-23)25(26,27)28/h4-10,13,17,29H,3,11-12,14-16H2,1-2H3,(H,33,34)/b19-4-/t17-/m1/s1. The van der Waals surface area contributed by atoms with E-state index in [-0.39, 0.29) is 12.6 Å². The van der Waals surface area contributed by atoms with Crippen molar-refractivity contribution in [2.24, 2.45) is 0 Å². The van der Waals surface area contributed by atoms with E-state index in [4.69, 9.17) is 5.11 Å². The summed E-state index contributed by atoms with van der Waals surface area (Å²) in [7, 11) is 0. The van der Waals surface area contributed by atoms with E-state index in [9.17, 15) is 18.0 Å². The number of hydrogen-bond donors (Lipinski definition) is 2. The highest BCUT2D eigenvalue weighted by Gasteiger charge is 2.31. The van der Waals surface area contributed by atoms with Crippen molar-refractivity contribution in [3.05, 3.63) is 72.0 Å². The number of nitrogens with zero attached hydrogens (tertiary/aromatic N) is 3. The van der Waals surface area contributed by atoms with Crippen molar-refractivity contribution < 1.29 is 23.1 Å². The van der Waals surface area contributed by atoms with Crippen LogP contribution in [0.4, 0.5) is 24.7 Å². The predicted octanol–water partition coefficient (Wildman–Crippen LogP) is 4.77. The third-order valence-electron chi connectivity index (χ3n) is 5.89. The number of carboxylic acids is 1. The van der Waals surface area contributed by atoms with Crippen molar-refractivity contribution in [1.82, 2.24) is 9.88 Å². The Morgan fingerprint density at radius 2 is 1.94 bits per heavy atom. The zero-order chi connectivity index (χ0) is 24.9. The first-order valence-electron chi connectivity index (χ1n) is 11.0. The maximum atomic E-state index is 12.8. The Hall–Kier alpha value is -3.33. The second-order valence-electron chi connectivity index (χ2n) is 8.30. The number of pyridine rings is 1. The Kier molecular flexibility index (Phi) is 7.98. The second kappa shape index (κ2) is 10.7. The molecule has 2 heterocycles. The number of benzene rings is 1. The molecule has 1 aromatic heterocycles. The lowest BCUT2D eigenvalue weighted by molar-refractivity contribution is -0.138. The van der Waals surface area contributed by atoms with Crippen LogP contribution in [0.3, 0.4) is 0 Å². The Morgan fingerprint density at radius 3 is 2.47 bits per heavy atom. The fraction of sp³-hybridized carbons (Fsp3) is 0.360. The minimum atomic E-state index is -4.39. The molecule has 0 radical (unpaired) electrons. The third kappa shape index (κ3) is 6.38. The molecule has 1 saturated heterocycles. The molecule has 0 saturated carbocycles. The molecular weight excluding hydrogens is 445 g/mol.